The Balaban J connectivity index is 2.05. The third kappa shape index (κ3) is 3.11. The zero-order valence-corrected chi connectivity index (χ0v) is 10.3. The Hall–Kier alpha value is -1.74. The molecule has 0 saturated heterocycles. The molecule has 0 fully saturated rings. The van der Waals surface area contributed by atoms with Crippen molar-refractivity contribution in [1.29, 1.82) is 0 Å². The number of anilines is 2. The molecule has 0 spiro atoms. The van der Waals surface area contributed by atoms with Gasteiger partial charge in [0.25, 0.3) is 0 Å². The molecule has 3 nitrogen and oxygen atoms in total. The van der Waals surface area contributed by atoms with E-state index in [1.165, 1.54) is 0 Å². The molecule has 88 valence electrons. The van der Waals surface area contributed by atoms with Crippen LogP contribution in [0.15, 0.2) is 42.6 Å². The first-order valence-electron chi connectivity index (χ1n) is 5.40. The van der Waals surface area contributed by atoms with Gasteiger partial charge in [0.05, 0.1) is 0 Å². The summed E-state index contributed by atoms with van der Waals surface area (Å²) in [5.74, 6) is 0.842. The van der Waals surface area contributed by atoms with Crippen molar-refractivity contribution in [2.75, 3.05) is 17.7 Å². The molecule has 2 rings (SSSR count). The van der Waals surface area contributed by atoms with E-state index in [4.69, 9.17) is 11.6 Å². The van der Waals surface area contributed by atoms with Crippen LogP contribution in [-0.4, -0.2) is 12.0 Å². The van der Waals surface area contributed by atoms with E-state index in [1.807, 2.05) is 43.4 Å². The number of halogens is 1. The fourth-order valence-electron chi connectivity index (χ4n) is 1.52. The Morgan fingerprint density at radius 1 is 1.24 bits per heavy atom. The van der Waals surface area contributed by atoms with Crippen LogP contribution in [0.1, 0.15) is 5.56 Å². The van der Waals surface area contributed by atoms with Gasteiger partial charge in [0.1, 0.15) is 5.82 Å². The van der Waals surface area contributed by atoms with Crippen molar-refractivity contribution >= 4 is 23.1 Å². The number of pyridine rings is 1. The predicted octanol–water partition coefficient (Wildman–Crippen LogP) is 3.39. The van der Waals surface area contributed by atoms with Crippen molar-refractivity contribution in [3.8, 4) is 0 Å². The number of aromatic nitrogens is 1. The second kappa shape index (κ2) is 5.55. The first kappa shape index (κ1) is 11.7. The summed E-state index contributed by atoms with van der Waals surface area (Å²) in [5, 5.41) is 7.09. The minimum absolute atomic E-state index is 0.701. The summed E-state index contributed by atoms with van der Waals surface area (Å²) in [5.41, 5.74) is 2.10. The third-order valence-electron chi connectivity index (χ3n) is 2.46. The molecule has 0 aliphatic carbocycles. The SMILES string of the molecule is CNc1cc(NCc2ccccc2Cl)ccn1. The van der Waals surface area contributed by atoms with Crippen LogP contribution in [-0.2, 0) is 6.54 Å². The van der Waals surface area contributed by atoms with Crippen molar-refractivity contribution in [2.45, 2.75) is 6.54 Å². The average molecular weight is 248 g/mol. The van der Waals surface area contributed by atoms with Gasteiger partial charge in [-0.25, -0.2) is 4.98 Å². The van der Waals surface area contributed by atoms with Crippen molar-refractivity contribution in [1.82, 2.24) is 4.98 Å². The molecular formula is C13H14ClN3. The van der Waals surface area contributed by atoms with Crippen LogP contribution in [0.4, 0.5) is 11.5 Å². The second-order valence-corrected chi connectivity index (χ2v) is 4.03. The lowest BCUT2D eigenvalue weighted by molar-refractivity contribution is 1.14. The van der Waals surface area contributed by atoms with E-state index in [2.05, 4.69) is 15.6 Å². The van der Waals surface area contributed by atoms with Gasteiger partial charge in [0, 0.05) is 36.6 Å². The van der Waals surface area contributed by atoms with Crippen molar-refractivity contribution in [3.63, 3.8) is 0 Å². The second-order valence-electron chi connectivity index (χ2n) is 3.62. The quantitative estimate of drug-likeness (QED) is 0.870. The molecule has 1 aromatic carbocycles. The molecule has 0 bridgehead atoms. The lowest BCUT2D eigenvalue weighted by atomic mass is 10.2. The smallest absolute Gasteiger partial charge is 0.127 e. The number of nitrogens with zero attached hydrogens (tertiary/aromatic N) is 1. The molecule has 1 aromatic heterocycles. The van der Waals surface area contributed by atoms with E-state index in [-0.39, 0.29) is 0 Å². The Morgan fingerprint density at radius 2 is 2.06 bits per heavy atom. The molecule has 17 heavy (non-hydrogen) atoms. The lowest BCUT2D eigenvalue weighted by Crippen LogP contribution is -2.01. The fourth-order valence-corrected chi connectivity index (χ4v) is 1.72. The van der Waals surface area contributed by atoms with Crippen LogP contribution >= 0.6 is 11.6 Å². The standard InChI is InChI=1S/C13H14ClN3/c1-15-13-8-11(6-7-16-13)17-9-10-4-2-3-5-12(10)14/h2-8H,9H2,1H3,(H2,15,16,17). The van der Waals surface area contributed by atoms with Crippen LogP contribution in [0.3, 0.4) is 0 Å². The number of rotatable bonds is 4. The number of benzene rings is 1. The highest BCUT2D eigenvalue weighted by Crippen LogP contribution is 2.17. The van der Waals surface area contributed by atoms with E-state index >= 15 is 0 Å². The fraction of sp³-hybridized carbons (Fsp3) is 0.154. The van der Waals surface area contributed by atoms with Gasteiger partial charge in [-0.15, -0.1) is 0 Å². The van der Waals surface area contributed by atoms with Crippen LogP contribution < -0.4 is 10.6 Å². The summed E-state index contributed by atoms with van der Waals surface area (Å²) in [6.45, 7) is 0.701. The Kier molecular flexibility index (Phi) is 3.83. The normalized spacial score (nSPS) is 10.0. The third-order valence-corrected chi connectivity index (χ3v) is 2.83. The van der Waals surface area contributed by atoms with Crippen molar-refractivity contribution in [3.05, 3.63) is 53.2 Å². The van der Waals surface area contributed by atoms with Gasteiger partial charge in [0.2, 0.25) is 0 Å². The highest BCUT2D eigenvalue weighted by atomic mass is 35.5. The van der Waals surface area contributed by atoms with Gasteiger partial charge < -0.3 is 10.6 Å². The van der Waals surface area contributed by atoms with E-state index in [0.717, 1.165) is 22.1 Å². The summed E-state index contributed by atoms with van der Waals surface area (Å²) in [6.07, 6.45) is 1.76. The van der Waals surface area contributed by atoms with E-state index in [9.17, 15) is 0 Å². The van der Waals surface area contributed by atoms with Crippen LogP contribution in [0.25, 0.3) is 0 Å². The molecule has 2 N–H and O–H groups in total. The van der Waals surface area contributed by atoms with Crippen LogP contribution in [0.2, 0.25) is 5.02 Å². The predicted molar refractivity (Wildman–Crippen MR) is 72.6 cm³/mol. The lowest BCUT2D eigenvalue weighted by Gasteiger charge is -2.08. The number of nitrogens with one attached hydrogen (secondary N) is 2. The molecule has 1 heterocycles. The van der Waals surface area contributed by atoms with Crippen molar-refractivity contribution < 1.29 is 0 Å². The highest BCUT2D eigenvalue weighted by molar-refractivity contribution is 6.31. The van der Waals surface area contributed by atoms with E-state index < -0.39 is 0 Å². The maximum absolute atomic E-state index is 6.08. The van der Waals surface area contributed by atoms with Crippen molar-refractivity contribution in [2.24, 2.45) is 0 Å². The molecule has 0 saturated carbocycles. The van der Waals surface area contributed by atoms with Gasteiger partial charge in [0.15, 0.2) is 0 Å². The van der Waals surface area contributed by atoms with Gasteiger partial charge in [-0.05, 0) is 17.7 Å². The topological polar surface area (TPSA) is 37.0 Å². The Morgan fingerprint density at radius 3 is 2.82 bits per heavy atom. The van der Waals surface area contributed by atoms with Crippen LogP contribution in [0.5, 0.6) is 0 Å². The Labute approximate surface area is 106 Å². The first-order chi connectivity index (χ1) is 8.29. The largest absolute Gasteiger partial charge is 0.381 e. The molecule has 0 unspecified atom stereocenters. The number of hydrogen-bond acceptors (Lipinski definition) is 3. The summed E-state index contributed by atoms with van der Waals surface area (Å²) < 4.78 is 0. The van der Waals surface area contributed by atoms with E-state index in [1.54, 1.807) is 6.20 Å². The molecule has 0 aliphatic rings. The molecule has 0 radical (unpaired) electrons. The minimum atomic E-state index is 0.701. The summed E-state index contributed by atoms with van der Waals surface area (Å²) >= 11 is 6.08. The summed E-state index contributed by atoms with van der Waals surface area (Å²) in [7, 11) is 1.85. The first-order valence-corrected chi connectivity index (χ1v) is 5.78. The molecule has 0 atom stereocenters. The molecule has 4 heteroatoms. The van der Waals surface area contributed by atoms with Gasteiger partial charge in [-0.3, -0.25) is 0 Å². The zero-order valence-electron chi connectivity index (χ0n) is 9.57. The van der Waals surface area contributed by atoms with Crippen LogP contribution in [0, 0.1) is 0 Å². The highest BCUT2D eigenvalue weighted by Gasteiger charge is 1.99. The Bertz CT molecular complexity index is 500. The molecule has 2 aromatic rings. The number of hydrogen-bond donors (Lipinski definition) is 2. The maximum Gasteiger partial charge on any atom is 0.127 e. The molecule has 0 amide bonds. The van der Waals surface area contributed by atoms with Gasteiger partial charge in [-0.2, -0.15) is 0 Å². The zero-order chi connectivity index (χ0) is 12.1. The van der Waals surface area contributed by atoms with Gasteiger partial charge in [-0.1, -0.05) is 29.8 Å². The molecular weight excluding hydrogens is 234 g/mol. The monoisotopic (exact) mass is 247 g/mol. The van der Waals surface area contributed by atoms with E-state index in [0.29, 0.717) is 6.54 Å². The van der Waals surface area contributed by atoms with Gasteiger partial charge >= 0.3 is 0 Å². The summed E-state index contributed by atoms with van der Waals surface area (Å²) in [6, 6.07) is 11.7. The molecule has 0 aliphatic heterocycles. The minimum Gasteiger partial charge on any atom is -0.381 e. The average Bonchev–Trinajstić information content (AvgIpc) is 2.38. The maximum atomic E-state index is 6.08. The summed E-state index contributed by atoms with van der Waals surface area (Å²) in [4.78, 5) is 4.15.